The lowest BCUT2D eigenvalue weighted by molar-refractivity contribution is 0.0915. The van der Waals surface area contributed by atoms with Crippen molar-refractivity contribution in [3.05, 3.63) is 22.5 Å². The van der Waals surface area contributed by atoms with E-state index in [1.165, 1.54) is 32.1 Å². The summed E-state index contributed by atoms with van der Waals surface area (Å²) in [5.74, 6) is 0.508. The van der Waals surface area contributed by atoms with E-state index in [0.29, 0.717) is 11.6 Å². The van der Waals surface area contributed by atoms with Crippen molar-refractivity contribution >= 4 is 17.2 Å². The van der Waals surface area contributed by atoms with Crippen molar-refractivity contribution in [2.75, 3.05) is 0 Å². The van der Waals surface area contributed by atoms with E-state index in [1.807, 2.05) is 16.8 Å². The summed E-state index contributed by atoms with van der Waals surface area (Å²) in [5, 5.41) is 15.1. The molecule has 0 radical (unpaired) electrons. The van der Waals surface area contributed by atoms with Gasteiger partial charge in [-0.2, -0.15) is 11.3 Å². The van der Waals surface area contributed by atoms with Gasteiger partial charge in [-0.05, 0) is 37.1 Å². The maximum Gasteiger partial charge on any atom is 0.272 e. The highest BCUT2D eigenvalue weighted by molar-refractivity contribution is 7.07. The Labute approximate surface area is 123 Å². The quantitative estimate of drug-likeness (QED) is 0.942. The van der Waals surface area contributed by atoms with Crippen molar-refractivity contribution in [2.45, 2.75) is 45.1 Å². The number of carbonyl (C=O) groups is 1. The van der Waals surface area contributed by atoms with Crippen LogP contribution in [0.2, 0.25) is 0 Å². The monoisotopic (exact) mass is 289 g/mol. The van der Waals surface area contributed by atoms with E-state index in [9.17, 15) is 4.79 Å². The van der Waals surface area contributed by atoms with Gasteiger partial charge in [-0.25, -0.2) is 0 Å². The summed E-state index contributed by atoms with van der Waals surface area (Å²) in [7, 11) is 0. The number of hydrogen-bond donors (Lipinski definition) is 1. The van der Waals surface area contributed by atoms with Gasteiger partial charge < -0.3 is 5.32 Å². The molecule has 4 nitrogen and oxygen atoms in total. The first-order valence-corrected chi connectivity index (χ1v) is 8.19. The van der Waals surface area contributed by atoms with Crippen molar-refractivity contribution in [1.82, 2.24) is 15.5 Å². The number of carbonyl (C=O) groups excluding carboxylic acids is 1. The summed E-state index contributed by atoms with van der Waals surface area (Å²) in [4.78, 5) is 12.4. The van der Waals surface area contributed by atoms with E-state index in [-0.39, 0.29) is 11.9 Å². The van der Waals surface area contributed by atoms with Crippen molar-refractivity contribution in [2.24, 2.45) is 5.92 Å². The van der Waals surface area contributed by atoms with E-state index in [0.717, 1.165) is 11.3 Å². The molecule has 1 N–H and O–H groups in total. The van der Waals surface area contributed by atoms with Crippen LogP contribution in [0.25, 0.3) is 11.3 Å². The summed E-state index contributed by atoms with van der Waals surface area (Å²) < 4.78 is 0. The minimum Gasteiger partial charge on any atom is -0.348 e. The minimum absolute atomic E-state index is 0.0935. The van der Waals surface area contributed by atoms with Crippen molar-refractivity contribution < 1.29 is 4.79 Å². The van der Waals surface area contributed by atoms with Gasteiger partial charge in [0.25, 0.3) is 5.91 Å². The Bertz CT molecular complexity index is 562. The summed E-state index contributed by atoms with van der Waals surface area (Å²) in [6.07, 6.45) is 6.34. The third-order valence-corrected chi connectivity index (χ3v) is 4.87. The van der Waals surface area contributed by atoms with E-state index >= 15 is 0 Å². The average molecular weight is 289 g/mol. The van der Waals surface area contributed by atoms with Crippen molar-refractivity contribution in [3.63, 3.8) is 0 Å². The van der Waals surface area contributed by atoms with Gasteiger partial charge >= 0.3 is 0 Å². The van der Waals surface area contributed by atoms with Crippen LogP contribution in [-0.4, -0.2) is 22.1 Å². The normalized spacial score (nSPS) is 18.1. The molecular formula is C15H19N3OS. The fourth-order valence-corrected chi connectivity index (χ4v) is 3.63. The second kappa shape index (κ2) is 5.87. The number of aromatic nitrogens is 2. The van der Waals surface area contributed by atoms with Crippen LogP contribution in [0, 0.1) is 5.92 Å². The van der Waals surface area contributed by atoms with Crippen LogP contribution in [0.1, 0.15) is 49.5 Å². The van der Waals surface area contributed by atoms with Gasteiger partial charge in [-0.3, -0.25) is 4.79 Å². The first-order valence-electron chi connectivity index (χ1n) is 7.25. The molecule has 2 aliphatic heterocycles. The number of rotatable bonds is 3. The number of amides is 1. The number of fused-ring (bicyclic) bond motifs is 1. The van der Waals surface area contributed by atoms with Crippen LogP contribution in [0.3, 0.4) is 0 Å². The molecule has 1 fully saturated rings. The average Bonchev–Trinajstić information content (AvgIpc) is 2.92. The number of hydrogen-bond acceptors (Lipinski definition) is 4. The lowest BCUT2D eigenvalue weighted by atomic mass is 9.84. The largest absolute Gasteiger partial charge is 0.348 e. The second-order valence-corrected chi connectivity index (χ2v) is 6.34. The highest BCUT2D eigenvalue weighted by Gasteiger charge is 2.25. The number of nitrogens with zero attached hydrogens (tertiary/aromatic N) is 2. The molecule has 0 saturated heterocycles. The fourth-order valence-electron chi connectivity index (χ4n) is 2.98. The molecule has 2 heterocycles. The Morgan fingerprint density at radius 1 is 1.35 bits per heavy atom. The van der Waals surface area contributed by atoms with E-state index in [1.54, 1.807) is 11.3 Å². The molecule has 106 valence electrons. The Balaban J connectivity index is 1.70. The zero-order valence-electron chi connectivity index (χ0n) is 11.6. The lowest BCUT2D eigenvalue weighted by Gasteiger charge is -2.28. The molecule has 20 heavy (non-hydrogen) atoms. The SMILES string of the molecule is C[C@@H](NC(=O)c1nnc2ccscc1-2)C1CCCCC1. The van der Waals surface area contributed by atoms with E-state index in [4.69, 9.17) is 0 Å². The molecule has 5 heteroatoms. The van der Waals surface area contributed by atoms with E-state index in [2.05, 4.69) is 22.4 Å². The standard InChI is InChI=1S/C15H19N3OS/c1-10(11-5-3-2-4-6-11)16-15(19)14-12-9-20-8-7-13(12)17-18-14/h7-11H,2-6H2,1H3,(H,16,19)/t10-/m1/s1. The van der Waals surface area contributed by atoms with Crippen molar-refractivity contribution in [3.8, 4) is 11.3 Å². The van der Waals surface area contributed by atoms with Crippen LogP contribution in [0.4, 0.5) is 0 Å². The molecule has 3 aliphatic rings. The molecule has 0 aromatic heterocycles. The molecule has 3 rings (SSSR count). The molecule has 1 amide bonds. The Morgan fingerprint density at radius 2 is 2.15 bits per heavy atom. The summed E-state index contributed by atoms with van der Waals surface area (Å²) >= 11 is 1.56. The third-order valence-electron chi connectivity index (χ3n) is 4.21. The smallest absolute Gasteiger partial charge is 0.272 e. The second-order valence-electron chi connectivity index (χ2n) is 5.56. The fraction of sp³-hybridized carbons (Fsp3) is 0.533. The topological polar surface area (TPSA) is 54.9 Å². The molecule has 1 atom stereocenters. The van der Waals surface area contributed by atoms with Crippen LogP contribution >= 0.6 is 11.3 Å². The summed E-state index contributed by atoms with van der Waals surface area (Å²) in [6, 6.07) is 2.11. The van der Waals surface area contributed by atoms with Gasteiger partial charge in [-0.1, -0.05) is 19.3 Å². The highest BCUT2D eigenvalue weighted by Crippen LogP contribution is 2.27. The zero-order valence-corrected chi connectivity index (χ0v) is 12.4. The van der Waals surface area contributed by atoms with Gasteiger partial charge in [-0.15, -0.1) is 10.2 Å². The predicted octanol–water partition coefficient (Wildman–Crippen LogP) is 3.34. The predicted molar refractivity (Wildman–Crippen MR) is 80.0 cm³/mol. The molecule has 0 unspecified atom stereocenters. The van der Waals surface area contributed by atoms with Gasteiger partial charge in [0.05, 0.1) is 5.69 Å². The highest BCUT2D eigenvalue weighted by atomic mass is 32.1. The molecule has 1 saturated carbocycles. The zero-order chi connectivity index (χ0) is 13.9. The van der Waals surface area contributed by atoms with Crippen LogP contribution in [0.15, 0.2) is 16.8 Å². The Kier molecular flexibility index (Phi) is 3.96. The van der Waals surface area contributed by atoms with E-state index < -0.39 is 0 Å². The molecular weight excluding hydrogens is 270 g/mol. The Hall–Kier alpha value is -1.49. The summed E-state index contributed by atoms with van der Waals surface area (Å²) in [6.45, 7) is 2.11. The van der Waals surface area contributed by atoms with Crippen LogP contribution in [-0.2, 0) is 0 Å². The minimum atomic E-state index is -0.0935. The van der Waals surface area contributed by atoms with Crippen LogP contribution < -0.4 is 5.32 Å². The lowest BCUT2D eigenvalue weighted by Crippen LogP contribution is -2.39. The molecule has 0 bridgehead atoms. The molecule has 0 aromatic rings. The van der Waals surface area contributed by atoms with Crippen molar-refractivity contribution in [1.29, 1.82) is 0 Å². The Morgan fingerprint density at radius 3 is 2.95 bits per heavy atom. The maximum absolute atomic E-state index is 12.4. The van der Waals surface area contributed by atoms with Gasteiger partial charge in [0, 0.05) is 17.0 Å². The van der Waals surface area contributed by atoms with Gasteiger partial charge in [0.1, 0.15) is 0 Å². The number of nitrogens with one attached hydrogen (secondary N) is 1. The van der Waals surface area contributed by atoms with Gasteiger partial charge in [0.15, 0.2) is 5.69 Å². The van der Waals surface area contributed by atoms with Gasteiger partial charge in [0.2, 0.25) is 0 Å². The maximum atomic E-state index is 12.4. The molecule has 1 aliphatic carbocycles. The molecule has 0 spiro atoms. The van der Waals surface area contributed by atoms with Crippen LogP contribution in [0.5, 0.6) is 0 Å². The molecule has 0 aromatic carbocycles. The third kappa shape index (κ3) is 2.68. The first kappa shape index (κ1) is 13.5. The summed E-state index contributed by atoms with van der Waals surface area (Å²) in [5.41, 5.74) is 2.10. The first-order chi connectivity index (χ1) is 9.75.